The standard InChI is InChI=1S/C29H30BrN3O3/c1-6-35-26-15-21(11-14-25(26)36-18-20-9-7-19(2)8-10-20)17-31-33-27(34)23-16-22(30)12-13-24(23)32-28(33)29(3,4)5/h7-17H,6,18H2,1-5H3. The highest BCUT2D eigenvalue weighted by atomic mass is 79.9. The highest BCUT2D eigenvalue weighted by Crippen LogP contribution is 2.29. The van der Waals surface area contributed by atoms with Crippen molar-refractivity contribution in [3.63, 3.8) is 0 Å². The third-order valence-corrected chi connectivity index (χ3v) is 6.08. The summed E-state index contributed by atoms with van der Waals surface area (Å²) in [4.78, 5) is 18.1. The summed E-state index contributed by atoms with van der Waals surface area (Å²) in [6, 6.07) is 19.4. The van der Waals surface area contributed by atoms with Crippen LogP contribution < -0.4 is 15.0 Å². The Morgan fingerprint density at radius 2 is 1.75 bits per heavy atom. The lowest BCUT2D eigenvalue weighted by Gasteiger charge is -2.21. The Bertz CT molecular complexity index is 1470. The molecule has 0 unspecified atom stereocenters. The maximum absolute atomic E-state index is 13.4. The number of aryl methyl sites for hydroxylation is 1. The first-order valence-electron chi connectivity index (χ1n) is 11.9. The van der Waals surface area contributed by atoms with E-state index in [2.05, 4.69) is 52.2 Å². The molecule has 0 saturated carbocycles. The predicted octanol–water partition coefficient (Wildman–Crippen LogP) is 6.62. The Balaban J connectivity index is 1.67. The Hall–Kier alpha value is -3.45. The molecular weight excluding hydrogens is 518 g/mol. The summed E-state index contributed by atoms with van der Waals surface area (Å²) >= 11 is 3.44. The maximum atomic E-state index is 13.4. The molecule has 4 aromatic rings. The molecule has 0 amide bonds. The molecule has 0 radical (unpaired) electrons. The van der Waals surface area contributed by atoms with Crippen LogP contribution in [0.2, 0.25) is 0 Å². The van der Waals surface area contributed by atoms with E-state index in [-0.39, 0.29) is 11.0 Å². The minimum Gasteiger partial charge on any atom is -0.490 e. The van der Waals surface area contributed by atoms with Crippen molar-refractivity contribution in [2.24, 2.45) is 5.10 Å². The zero-order chi connectivity index (χ0) is 25.9. The van der Waals surface area contributed by atoms with Crippen LogP contribution >= 0.6 is 15.9 Å². The predicted molar refractivity (Wildman–Crippen MR) is 149 cm³/mol. The zero-order valence-electron chi connectivity index (χ0n) is 21.2. The fourth-order valence-corrected chi connectivity index (χ4v) is 4.06. The van der Waals surface area contributed by atoms with Crippen LogP contribution in [0.5, 0.6) is 11.5 Å². The Morgan fingerprint density at radius 1 is 1.00 bits per heavy atom. The average Bonchev–Trinajstić information content (AvgIpc) is 2.83. The van der Waals surface area contributed by atoms with Gasteiger partial charge in [-0.3, -0.25) is 4.79 Å². The van der Waals surface area contributed by atoms with Gasteiger partial charge in [-0.25, -0.2) is 4.98 Å². The van der Waals surface area contributed by atoms with Crippen molar-refractivity contribution < 1.29 is 9.47 Å². The van der Waals surface area contributed by atoms with Crippen molar-refractivity contribution in [2.75, 3.05) is 6.61 Å². The van der Waals surface area contributed by atoms with Crippen molar-refractivity contribution >= 4 is 33.0 Å². The van der Waals surface area contributed by atoms with Gasteiger partial charge in [-0.15, -0.1) is 0 Å². The van der Waals surface area contributed by atoms with E-state index in [4.69, 9.17) is 14.5 Å². The summed E-state index contributed by atoms with van der Waals surface area (Å²) in [5, 5.41) is 5.06. The summed E-state index contributed by atoms with van der Waals surface area (Å²) in [6.45, 7) is 11.0. The van der Waals surface area contributed by atoms with E-state index in [1.807, 2.05) is 58.0 Å². The highest BCUT2D eigenvalue weighted by molar-refractivity contribution is 9.10. The number of benzene rings is 3. The number of aromatic nitrogens is 2. The molecule has 1 heterocycles. The molecule has 3 aromatic carbocycles. The number of hydrogen-bond donors (Lipinski definition) is 0. The number of ether oxygens (including phenoxy) is 2. The van der Waals surface area contributed by atoms with Crippen LogP contribution in [-0.4, -0.2) is 22.5 Å². The number of rotatable bonds is 7. The Labute approximate surface area is 219 Å². The lowest BCUT2D eigenvalue weighted by Crippen LogP contribution is -2.29. The molecule has 36 heavy (non-hydrogen) atoms. The van der Waals surface area contributed by atoms with Crippen LogP contribution in [0.25, 0.3) is 10.9 Å². The number of nitrogens with zero attached hydrogens (tertiary/aromatic N) is 3. The molecule has 186 valence electrons. The van der Waals surface area contributed by atoms with E-state index in [0.29, 0.717) is 41.4 Å². The second kappa shape index (κ2) is 10.7. The molecule has 0 bridgehead atoms. The zero-order valence-corrected chi connectivity index (χ0v) is 22.8. The van der Waals surface area contributed by atoms with Gasteiger partial charge in [-0.05, 0) is 61.4 Å². The third kappa shape index (κ3) is 5.85. The summed E-state index contributed by atoms with van der Waals surface area (Å²) in [5.41, 5.74) is 3.11. The quantitative estimate of drug-likeness (QED) is 0.244. The van der Waals surface area contributed by atoms with E-state index < -0.39 is 0 Å². The van der Waals surface area contributed by atoms with Crippen LogP contribution in [-0.2, 0) is 12.0 Å². The lowest BCUT2D eigenvalue weighted by atomic mass is 9.95. The van der Waals surface area contributed by atoms with Gasteiger partial charge >= 0.3 is 0 Å². The Kier molecular flexibility index (Phi) is 7.59. The molecule has 0 fully saturated rings. The second-order valence-corrected chi connectivity index (χ2v) is 10.5. The molecule has 0 aliphatic rings. The highest BCUT2D eigenvalue weighted by Gasteiger charge is 2.23. The minimum atomic E-state index is -0.387. The van der Waals surface area contributed by atoms with Crippen LogP contribution in [0.15, 0.2) is 75.0 Å². The molecule has 4 rings (SSSR count). The number of hydrogen-bond acceptors (Lipinski definition) is 5. The molecule has 0 saturated heterocycles. The van der Waals surface area contributed by atoms with Crippen LogP contribution in [0.1, 0.15) is 50.2 Å². The molecule has 0 atom stereocenters. The topological polar surface area (TPSA) is 65.7 Å². The molecular formula is C29H30BrN3O3. The molecule has 6 nitrogen and oxygen atoms in total. The van der Waals surface area contributed by atoms with Gasteiger partial charge in [0, 0.05) is 9.89 Å². The van der Waals surface area contributed by atoms with Crippen LogP contribution in [0.4, 0.5) is 0 Å². The smallest absolute Gasteiger partial charge is 0.282 e. The van der Waals surface area contributed by atoms with Gasteiger partial charge in [0.05, 0.1) is 23.7 Å². The molecule has 1 aromatic heterocycles. The molecule has 7 heteroatoms. The summed E-state index contributed by atoms with van der Waals surface area (Å²) < 4.78 is 14.1. The average molecular weight is 548 g/mol. The fraction of sp³-hybridized carbons (Fsp3) is 0.276. The summed E-state index contributed by atoms with van der Waals surface area (Å²) in [6.07, 6.45) is 1.65. The van der Waals surface area contributed by atoms with Gasteiger partial charge in [0.15, 0.2) is 11.5 Å². The first-order chi connectivity index (χ1) is 17.2. The van der Waals surface area contributed by atoms with Gasteiger partial charge in [0.25, 0.3) is 5.56 Å². The van der Waals surface area contributed by atoms with Crippen molar-refractivity contribution in [3.05, 3.63) is 98.0 Å². The first-order valence-corrected chi connectivity index (χ1v) is 12.7. The van der Waals surface area contributed by atoms with Crippen molar-refractivity contribution in [1.82, 2.24) is 9.66 Å². The van der Waals surface area contributed by atoms with E-state index in [0.717, 1.165) is 15.6 Å². The van der Waals surface area contributed by atoms with Crippen molar-refractivity contribution in [1.29, 1.82) is 0 Å². The van der Waals surface area contributed by atoms with Gasteiger partial charge in [-0.2, -0.15) is 9.78 Å². The van der Waals surface area contributed by atoms with Gasteiger partial charge in [0.2, 0.25) is 0 Å². The van der Waals surface area contributed by atoms with Crippen LogP contribution in [0, 0.1) is 6.92 Å². The third-order valence-electron chi connectivity index (χ3n) is 5.58. The van der Waals surface area contributed by atoms with E-state index in [1.165, 1.54) is 10.2 Å². The van der Waals surface area contributed by atoms with E-state index >= 15 is 0 Å². The molecule has 0 N–H and O–H groups in total. The Morgan fingerprint density at radius 3 is 2.44 bits per heavy atom. The number of halogens is 1. The van der Waals surface area contributed by atoms with E-state index in [1.54, 1.807) is 12.3 Å². The fourth-order valence-electron chi connectivity index (χ4n) is 3.70. The molecule has 0 aliphatic carbocycles. The molecule has 0 spiro atoms. The van der Waals surface area contributed by atoms with E-state index in [9.17, 15) is 4.79 Å². The monoisotopic (exact) mass is 547 g/mol. The van der Waals surface area contributed by atoms with Crippen molar-refractivity contribution in [2.45, 2.75) is 46.6 Å². The minimum absolute atomic E-state index is 0.217. The van der Waals surface area contributed by atoms with Gasteiger partial charge in [0.1, 0.15) is 12.4 Å². The largest absolute Gasteiger partial charge is 0.490 e. The normalized spacial score (nSPS) is 11.8. The summed E-state index contributed by atoms with van der Waals surface area (Å²) in [7, 11) is 0. The van der Waals surface area contributed by atoms with Gasteiger partial charge in [-0.1, -0.05) is 66.5 Å². The van der Waals surface area contributed by atoms with Crippen LogP contribution in [0.3, 0.4) is 0 Å². The summed E-state index contributed by atoms with van der Waals surface area (Å²) in [5.74, 6) is 1.86. The lowest BCUT2D eigenvalue weighted by molar-refractivity contribution is 0.269. The number of fused-ring (bicyclic) bond motifs is 1. The molecule has 0 aliphatic heterocycles. The first kappa shape index (κ1) is 25.6. The SMILES string of the molecule is CCOc1cc(C=Nn2c(C(C)(C)C)nc3ccc(Br)cc3c2=O)ccc1OCc1ccc(C)cc1. The van der Waals surface area contributed by atoms with Crippen molar-refractivity contribution in [3.8, 4) is 11.5 Å². The maximum Gasteiger partial charge on any atom is 0.282 e. The second-order valence-electron chi connectivity index (χ2n) is 9.62. The van der Waals surface area contributed by atoms with Gasteiger partial charge < -0.3 is 9.47 Å².